The number of aryl methyl sites for hydroxylation is 1. The minimum Gasteiger partial charge on any atom is -0.324 e. The Balaban J connectivity index is 1.36. The third kappa shape index (κ3) is 5.06. The number of rotatable bonds is 5. The van der Waals surface area contributed by atoms with Crippen LogP contribution in [-0.2, 0) is 9.59 Å². The van der Waals surface area contributed by atoms with E-state index in [1.165, 1.54) is 42.1 Å². The highest BCUT2D eigenvalue weighted by atomic mass is 32.2. The zero-order valence-corrected chi connectivity index (χ0v) is 20.1. The monoisotopic (exact) mass is 504 g/mol. The number of para-hydroxylation sites is 1. The maximum absolute atomic E-state index is 13.9. The highest BCUT2D eigenvalue weighted by molar-refractivity contribution is 8.15. The van der Waals surface area contributed by atoms with Gasteiger partial charge in [-0.05, 0) is 42.3 Å². The van der Waals surface area contributed by atoms with Gasteiger partial charge >= 0.3 is 0 Å². The highest BCUT2D eigenvalue weighted by Crippen LogP contribution is 2.38. The molecule has 182 valence electrons. The zero-order chi connectivity index (χ0) is 25.2. The quantitative estimate of drug-likeness (QED) is 0.501. The molecule has 6 nitrogen and oxygen atoms in total. The normalized spacial score (nSPS) is 19.3. The van der Waals surface area contributed by atoms with Gasteiger partial charge in [0.05, 0.1) is 17.4 Å². The number of hydrazone groups is 1. The predicted octanol–water partition coefficient (Wildman–Crippen LogP) is 5.45. The van der Waals surface area contributed by atoms with Crippen molar-refractivity contribution in [3.05, 3.63) is 101 Å². The van der Waals surface area contributed by atoms with Gasteiger partial charge in [-0.1, -0.05) is 65.9 Å². The Bertz CT molecular complexity index is 1370. The number of hydrogen-bond acceptors (Lipinski definition) is 5. The highest BCUT2D eigenvalue weighted by Gasteiger charge is 2.39. The predicted molar refractivity (Wildman–Crippen MR) is 137 cm³/mol. The Morgan fingerprint density at radius 3 is 2.50 bits per heavy atom. The van der Waals surface area contributed by atoms with Crippen LogP contribution >= 0.6 is 11.8 Å². The maximum atomic E-state index is 13.9. The molecule has 0 saturated heterocycles. The minimum absolute atomic E-state index is 0.0617. The maximum Gasteiger partial charge on any atom is 0.262 e. The number of amidine groups is 1. The number of amides is 2. The van der Waals surface area contributed by atoms with Crippen molar-refractivity contribution in [3.8, 4) is 0 Å². The van der Waals surface area contributed by atoms with Crippen molar-refractivity contribution in [3.63, 3.8) is 0 Å². The number of thioether (sulfide) groups is 1. The molecule has 5 rings (SSSR count). The van der Waals surface area contributed by atoms with Crippen LogP contribution < -0.4 is 5.32 Å². The first-order chi connectivity index (χ1) is 17.4. The average Bonchev–Trinajstić information content (AvgIpc) is 3.45. The van der Waals surface area contributed by atoms with Crippen molar-refractivity contribution in [2.24, 2.45) is 10.1 Å². The number of aliphatic imine (C=N–C) groups is 1. The number of nitrogens with zero attached hydrogens (tertiary/aromatic N) is 3. The summed E-state index contributed by atoms with van der Waals surface area (Å²) in [6, 6.07) is 19.8. The summed E-state index contributed by atoms with van der Waals surface area (Å²) in [5.74, 6) is -1.79. The van der Waals surface area contributed by atoms with E-state index in [4.69, 9.17) is 5.10 Å². The van der Waals surface area contributed by atoms with Crippen molar-refractivity contribution in [2.45, 2.75) is 31.1 Å². The topological polar surface area (TPSA) is 74.1 Å². The molecule has 1 N–H and O–H groups in total. The van der Waals surface area contributed by atoms with Crippen LogP contribution in [0.3, 0.4) is 0 Å². The van der Waals surface area contributed by atoms with Gasteiger partial charge in [0.15, 0.2) is 5.17 Å². The van der Waals surface area contributed by atoms with Gasteiger partial charge in [0.25, 0.3) is 5.91 Å². The number of halogens is 2. The van der Waals surface area contributed by atoms with E-state index < -0.39 is 22.9 Å². The molecule has 0 aliphatic carbocycles. The van der Waals surface area contributed by atoms with Crippen LogP contribution in [0.1, 0.15) is 35.6 Å². The molecule has 9 heteroatoms. The molecule has 0 spiro atoms. The van der Waals surface area contributed by atoms with E-state index in [0.717, 1.165) is 22.4 Å². The SMILES string of the molecule is Cc1ccc([C@@H]2CC(c3ccc(F)cc3)=NN2C2=NC(=O)[C@@H](CC(=O)Nc3ccccc3F)S2)cc1. The van der Waals surface area contributed by atoms with Crippen LogP contribution in [0.15, 0.2) is 82.9 Å². The molecular weight excluding hydrogens is 482 g/mol. The Hall–Kier alpha value is -3.85. The van der Waals surface area contributed by atoms with E-state index in [-0.39, 0.29) is 24.0 Å². The van der Waals surface area contributed by atoms with Gasteiger partial charge in [-0.3, -0.25) is 9.59 Å². The molecular formula is C27H22F2N4O2S. The van der Waals surface area contributed by atoms with Gasteiger partial charge in [-0.25, -0.2) is 13.8 Å². The molecule has 36 heavy (non-hydrogen) atoms. The van der Waals surface area contributed by atoms with Gasteiger partial charge in [-0.15, -0.1) is 0 Å². The van der Waals surface area contributed by atoms with E-state index >= 15 is 0 Å². The number of benzene rings is 3. The summed E-state index contributed by atoms with van der Waals surface area (Å²) in [4.78, 5) is 29.4. The lowest BCUT2D eigenvalue weighted by Gasteiger charge is -2.23. The van der Waals surface area contributed by atoms with Crippen molar-refractivity contribution in [2.75, 3.05) is 5.32 Å². The van der Waals surface area contributed by atoms with Gasteiger partial charge < -0.3 is 5.32 Å². The summed E-state index contributed by atoms with van der Waals surface area (Å²) >= 11 is 1.17. The standard InChI is InChI=1S/C27H22F2N4O2S/c1-16-6-8-18(9-7-16)23-14-22(17-10-12-19(28)13-11-17)32-33(23)27-31-26(35)24(36-27)15-25(34)30-21-5-3-2-4-20(21)29/h2-13,23-24H,14-15H2,1H3,(H,30,34)/t23-,24+/m0/s1. The van der Waals surface area contributed by atoms with Crippen molar-refractivity contribution in [1.29, 1.82) is 0 Å². The first-order valence-electron chi connectivity index (χ1n) is 11.4. The second kappa shape index (κ2) is 10.0. The van der Waals surface area contributed by atoms with Crippen LogP contribution in [0.2, 0.25) is 0 Å². The second-order valence-electron chi connectivity index (χ2n) is 8.60. The lowest BCUT2D eigenvalue weighted by atomic mass is 9.98. The molecule has 0 radical (unpaired) electrons. The van der Waals surface area contributed by atoms with E-state index in [2.05, 4.69) is 10.3 Å². The smallest absolute Gasteiger partial charge is 0.262 e. The Morgan fingerprint density at radius 1 is 1.06 bits per heavy atom. The van der Waals surface area contributed by atoms with Gasteiger partial charge in [0.1, 0.15) is 16.9 Å². The number of carbonyl (C=O) groups is 2. The fourth-order valence-corrected chi connectivity index (χ4v) is 5.15. The van der Waals surface area contributed by atoms with E-state index in [9.17, 15) is 18.4 Å². The molecule has 2 aliphatic heterocycles. The second-order valence-corrected chi connectivity index (χ2v) is 9.77. The fraction of sp³-hybridized carbons (Fsp3) is 0.185. The number of anilines is 1. The molecule has 3 aromatic carbocycles. The summed E-state index contributed by atoms with van der Waals surface area (Å²) in [6.45, 7) is 2.00. The average molecular weight is 505 g/mol. The first kappa shape index (κ1) is 23.9. The summed E-state index contributed by atoms with van der Waals surface area (Å²) in [7, 11) is 0. The molecule has 2 aliphatic rings. The van der Waals surface area contributed by atoms with Gasteiger partial charge in [0.2, 0.25) is 5.91 Å². The fourth-order valence-electron chi connectivity index (χ4n) is 4.09. The summed E-state index contributed by atoms with van der Waals surface area (Å²) in [5, 5.41) is 8.63. The van der Waals surface area contributed by atoms with Gasteiger partial charge in [-0.2, -0.15) is 10.1 Å². The molecule has 0 saturated carbocycles. The van der Waals surface area contributed by atoms with Crippen LogP contribution in [0.5, 0.6) is 0 Å². The Labute approximate surface area is 211 Å². The molecule has 0 fully saturated rings. The lowest BCUT2D eigenvalue weighted by molar-refractivity contribution is -0.121. The van der Waals surface area contributed by atoms with Crippen LogP contribution in [0.4, 0.5) is 14.5 Å². The summed E-state index contributed by atoms with van der Waals surface area (Å²) in [5.41, 5.74) is 3.71. The van der Waals surface area contributed by atoms with E-state index in [0.29, 0.717) is 11.6 Å². The largest absolute Gasteiger partial charge is 0.324 e. The molecule has 2 amide bonds. The summed E-state index contributed by atoms with van der Waals surface area (Å²) < 4.78 is 27.3. The molecule has 3 aromatic rings. The first-order valence-corrected chi connectivity index (χ1v) is 12.3. The zero-order valence-electron chi connectivity index (χ0n) is 19.3. The minimum atomic E-state index is -0.740. The van der Waals surface area contributed by atoms with Gasteiger partial charge in [0, 0.05) is 12.8 Å². The number of carbonyl (C=O) groups excluding carboxylic acids is 2. The number of hydrogen-bond donors (Lipinski definition) is 1. The van der Waals surface area contributed by atoms with E-state index in [1.54, 1.807) is 23.2 Å². The van der Waals surface area contributed by atoms with Crippen LogP contribution in [0.25, 0.3) is 0 Å². The third-order valence-electron chi connectivity index (χ3n) is 5.99. The third-order valence-corrected chi connectivity index (χ3v) is 7.14. The van der Waals surface area contributed by atoms with E-state index in [1.807, 2.05) is 31.2 Å². The molecule has 2 heterocycles. The Kier molecular flexibility index (Phi) is 6.65. The van der Waals surface area contributed by atoms with Crippen molar-refractivity contribution >= 4 is 40.1 Å². The van der Waals surface area contributed by atoms with Crippen LogP contribution in [0, 0.1) is 18.6 Å². The molecule has 2 atom stereocenters. The molecule has 0 bridgehead atoms. The lowest BCUT2D eigenvalue weighted by Crippen LogP contribution is -2.25. The Morgan fingerprint density at radius 2 is 1.78 bits per heavy atom. The number of nitrogens with one attached hydrogen (secondary N) is 1. The summed E-state index contributed by atoms with van der Waals surface area (Å²) in [6.07, 6.45) is 0.392. The molecule has 0 aromatic heterocycles. The van der Waals surface area contributed by atoms with Crippen LogP contribution in [-0.4, -0.2) is 33.0 Å². The molecule has 0 unspecified atom stereocenters. The van der Waals surface area contributed by atoms with Crippen molar-refractivity contribution in [1.82, 2.24) is 5.01 Å². The van der Waals surface area contributed by atoms with Crippen molar-refractivity contribution < 1.29 is 18.4 Å².